The molecule has 0 spiro atoms. The molecule has 6 N–H and O–H groups in total. The van der Waals surface area contributed by atoms with E-state index in [1.165, 1.54) is 11.3 Å². The number of amidine groups is 1. The number of nitrogen functional groups attached to an aromatic ring is 1. The van der Waals surface area contributed by atoms with Crippen molar-refractivity contribution < 1.29 is 18.0 Å². The van der Waals surface area contributed by atoms with Crippen LogP contribution in [-0.4, -0.2) is 50.8 Å². The highest BCUT2D eigenvalue weighted by molar-refractivity contribution is 7.88. The number of hydrogen-bond donors (Lipinski definition) is 5. The Hall–Kier alpha value is -3.38. The van der Waals surface area contributed by atoms with Gasteiger partial charge in [0.2, 0.25) is 15.9 Å². The molecule has 4 rings (SSSR count). The lowest BCUT2D eigenvalue weighted by Gasteiger charge is -2.30. The summed E-state index contributed by atoms with van der Waals surface area (Å²) in [5.41, 5.74) is 7.63. The number of thiophene rings is 1. The van der Waals surface area contributed by atoms with Crippen molar-refractivity contribution in [2.75, 3.05) is 12.8 Å². The average molecular weight is 554 g/mol. The quantitative estimate of drug-likeness (QED) is 0.181. The van der Waals surface area contributed by atoms with Gasteiger partial charge in [-0.2, -0.15) is 0 Å². The molecule has 3 atom stereocenters. The Morgan fingerprint density at radius 2 is 1.66 bits per heavy atom. The van der Waals surface area contributed by atoms with Crippen LogP contribution in [0.15, 0.2) is 72.1 Å². The van der Waals surface area contributed by atoms with Crippen LogP contribution in [0.5, 0.6) is 0 Å². The minimum atomic E-state index is -3.82. The number of rotatable bonds is 11. The lowest BCUT2D eigenvalue weighted by molar-refractivity contribution is -0.129. The van der Waals surface area contributed by atoms with Crippen LogP contribution >= 0.6 is 11.3 Å². The first-order valence-corrected chi connectivity index (χ1v) is 15.0. The second kappa shape index (κ2) is 12.0. The van der Waals surface area contributed by atoms with E-state index < -0.39 is 40.0 Å². The predicted molar refractivity (Wildman–Crippen MR) is 149 cm³/mol. The van der Waals surface area contributed by atoms with Crippen LogP contribution in [0, 0.1) is 5.41 Å². The third kappa shape index (κ3) is 6.73. The van der Waals surface area contributed by atoms with Crippen molar-refractivity contribution in [2.24, 2.45) is 5.73 Å². The lowest BCUT2D eigenvalue weighted by Crippen LogP contribution is -2.52. The van der Waals surface area contributed by atoms with E-state index in [-0.39, 0.29) is 11.6 Å². The fourth-order valence-electron chi connectivity index (χ4n) is 4.72. The monoisotopic (exact) mass is 553 g/mol. The van der Waals surface area contributed by atoms with E-state index in [4.69, 9.17) is 11.1 Å². The molecule has 200 valence electrons. The smallest absolute Gasteiger partial charge is 0.240 e. The lowest BCUT2D eigenvalue weighted by atomic mass is 9.84. The second-order valence-corrected chi connectivity index (χ2v) is 12.0. The number of sulfonamides is 1. The van der Waals surface area contributed by atoms with Crippen LogP contribution in [0.1, 0.15) is 46.4 Å². The first-order valence-electron chi connectivity index (χ1n) is 12.2. The van der Waals surface area contributed by atoms with Gasteiger partial charge in [-0.1, -0.05) is 60.7 Å². The van der Waals surface area contributed by atoms with Gasteiger partial charge in [-0.05, 0) is 47.5 Å². The molecule has 1 saturated heterocycles. The van der Waals surface area contributed by atoms with Crippen molar-refractivity contribution in [1.29, 1.82) is 5.41 Å². The van der Waals surface area contributed by atoms with Crippen molar-refractivity contribution >= 4 is 38.9 Å². The number of hydrogen-bond acceptors (Lipinski definition) is 7. The van der Waals surface area contributed by atoms with Gasteiger partial charge in [-0.15, -0.1) is 11.3 Å². The second-order valence-electron chi connectivity index (χ2n) is 9.32. The van der Waals surface area contributed by atoms with Gasteiger partial charge in [-0.25, -0.2) is 13.1 Å². The van der Waals surface area contributed by atoms with Crippen molar-refractivity contribution in [3.05, 3.63) is 93.7 Å². The maximum Gasteiger partial charge on any atom is 0.240 e. The Kier molecular flexibility index (Phi) is 8.72. The molecular formula is C27H31N5O4S2. The van der Waals surface area contributed by atoms with Crippen molar-refractivity contribution in [1.82, 2.24) is 15.4 Å². The summed E-state index contributed by atoms with van der Waals surface area (Å²) in [6.07, 6.45) is 2.47. The highest BCUT2D eigenvalue weighted by Crippen LogP contribution is 2.30. The van der Waals surface area contributed by atoms with E-state index in [0.29, 0.717) is 23.4 Å². The maximum atomic E-state index is 14.0. The van der Waals surface area contributed by atoms with Gasteiger partial charge in [0.05, 0.1) is 17.2 Å². The van der Waals surface area contributed by atoms with E-state index in [0.717, 1.165) is 23.8 Å². The largest absolute Gasteiger partial charge is 0.383 e. The number of nitrogens with two attached hydrogens (primary N) is 1. The highest BCUT2D eigenvalue weighted by Gasteiger charge is 2.38. The molecule has 1 amide bonds. The Labute approximate surface area is 226 Å². The van der Waals surface area contributed by atoms with E-state index in [9.17, 15) is 18.0 Å². The van der Waals surface area contributed by atoms with Gasteiger partial charge in [-0.3, -0.25) is 15.0 Å². The minimum absolute atomic E-state index is 0.136. The zero-order valence-corrected chi connectivity index (χ0v) is 22.5. The Morgan fingerprint density at radius 3 is 2.13 bits per heavy atom. The maximum absolute atomic E-state index is 14.0. The molecule has 11 heteroatoms. The van der Waals surface area contributed by atoms with Crippen LogP contribution in [-0.2, 0) is 19.6 Å². The van der Waals surface area contributed by atoms with Gasteiger partial charge in [0.15, 0.2) is 5.78 Å². The topological polar surface area (TPSA) is 154 Å². The summed E-state index contributed by atoms with van der Waals surface area (Å²) < 4.78 is 27.5. The van der Waals surface area contributed by atoms with Gasteiger partial charge >= 0.3 is 0 Å². The third-order valence-electron chi connectivity index (χ3n) is 6.47. The Bertz CT molecular complexity index is 1350. The number of nitrogens with one attached hydrogen (secondary N) is 4. The summed E-state index contributed by atoms with van der Waals surface area (Å²) in [7, 11) is -3.82. The summed E-state index contributed by atoms with van der Waals surface area (Å²) in [6, 6.07) is 17.2. The van der Waals surface area contributed by atoms with E-state index >= 15 is 0 Å². The molecule has 1 aliphatic heterocycles. The molecule has 0 aliphatic carbocycles. The van der Waals surface area contributed by atoms with Crippen LogP contribution in [0.2, 0.25) is 0 Å². The van der Waals surface area contributed by atoms with Crippen molar-refractivity contribution in [2.45, 2.75) is 36.9 Å². The normalized spacial score (nSPS) is 17.2. The number of carbonyl (C=O) groups is 2. The molecule has 0 saturated carbocycles. The number of amides is 1. The number of benzene rings is 2. The van der Waals surface area contributed by atoms with Crippen LogP contribution in [0.25, 0.3) is 0 Å². The SMILES string of the molecule is CS(=O)(=O)N[C@@H](C(=O)NC(C(=O)[C@@H]1CCCN1)c1csc(C(=N)N)c1)C(c1ccccc1)c1ccccc1. The third-order valence-corrected chi connectivity index (χ3v) is 8.13. The van der Waals surface area contributed by atoms with Gasteiger partial charge < -0.3 is 16.4 Å². The summed E-state index contributed by atoms with van der Waals surface area (Å²) in [5, 5.41) is 15.5. The van der Waals surface area contributed by atoms with Crippen molar-refractivity contribution in [3.8, 4) is 0 Å². The molecule has 38 heavy (non-hydrogen) atoms. The van der Waals surface area contributed by atoms with E-state index in [1.807, 2.05) is 60.7 Å². The molecule has 1 fully saturated rings. The number of carbonyl (C=O) groups excluding carboxylic acids is 2. The summed E-state index contributed by atoms with van der Waals surface area (Å²) in [6.45, 7) is 0.696. The molecule has 2 heterocycles. The molecule has 1 unspecified atom stereocenters. The zero-order valence-electron chi connectivity index (χ0n) is 20.9. The average Bonchev–Trinajstić information content (AvgIpc) is 3.60. The molecule has 1 aromatic heterocycles. The zero-order chi connectivity index (χ0) is 27.3. The van der Waals surface area contributed by atoms with Crippen LogP contribution in [0.3, 0.4) is 0 Å². The first kappa shape index (κ1) is 27.6. The number of Topliss-reactive ketones (excluding diaryl/α,β-unsaturated/α-hetero) is 1. The molecule has 3 aromatic rings. The summed E-state index contributed by atoms with van der Waals surface area (Å²) in [5.74, 6) is -1.66. The van der Waals surface area contributed by atoms with Gasteiger partial charge in [0, 0.05) is 5.92 Å². The molecular weight excluding hydrogens is 522 g/mol. The van der Waals surface area contributed by atoms with Crippen LogP contribution < -0.4 is 21.1 Å². The Balaban J connectivity index is 1.75. The highest BCUT2D eigenvalue weighted by atomic mass is 32.2. The molecule has 1 aliphatic rings. The van der Waals surface area contributed by atoms with Gasteiger partial charge in [0.1, 0.15) is 17.9 Å². The Morgan fingerprint density at radius 1 is 1.05 bits per heavy atom. The number of ketones is 1. The molecule has 0 radical (unpaired) electrons. The fourth-order valence-corrected chi connectivity index (χ4v) is 6.23. The summed E-state index contributed by atoms with van der Waals surface area (Å²) >= 11 is 1.21. The van der Waals surface area contributed by atoms with Crippen molar-refractivity contribution in [3.63, 3.8) is 0 Å². The molecule has 2 aromatic carbocycles. The summed E-state index contributed by atoms with van der Waals surface area (Å²) in [4.78, 5) is 28.0. The van der Waals surface area contributed by atoms with Crippen LogP contribution in [0.4, 0.5) is 0 Å². The molecule has 0 bridgehead atoms. The van der Waals surface area contributed by atoms with Gasteiger partial charge in [0.25, 0.3) is 0 Å². The standard InChI is InChI=1S/C27H31N5O4S2/c1-38(35,36)32-24(22(17-9-4-2-5-10-17)18-11-6-3-7-12-18)27(34)31-23(25(33)20-13-8-14-30-20)19-15-21(26(28)29)37-16-19/h2-7,9-12,15-16,20,22-24,30,32H,8,13-14H2,1H3,(H3,28,29)(H,31,34)/t20-,23?,24+/m0/s1. The molecule has 9 nitrogen and oxygen atoms in total. The fraction of sp³-hybridized carbons (Fsp3) is 0.296. The first-order chi connectivity index (χ1) is 18.1. The minimum Gasteiger partial charge on any atom is -0.383 e. The van der Waals surface area contributed by atoms with E-state index in [1.54, 1.807) is 11.4 Å². The van der Waals surface area contributed by atoms with E-state index in [2.05, 4.69) is 15.4 Å². The predicted octanol–water partition coefficient (Wildman–Crippen LogP) is 2.26.